The molecular weight excluding hydrogens is 670 g/mol. The fourth-order valence-electron chi connectivity index (χ4n) is 5.66. The Hall–Kier alpha value is -2.97. The van der Waals surface area contributed by atoms with Gasteiger partial charge in [-0.2, -0.15) is 8.42 Å². The maximum absolute atomic E-state index is 14.1. The summed E-state index contributed by atoms with van der Waals surface area (Å²) in [5, 5.41) is 5.50. The van der Waals surface area contributed by atoms with Crippen LogP contribution >= 0.6 is 15.9 Å². The van der Waals surface area contributed by atoms with Gasteiger partial charge in [0, 0.05) is 23.4 Å². The number of carbonyl (C=O) groups is 4. The predicted molar refractivity (Wildman–Crippen MR) is 167 cm³/mol. The molecule has 1 aromatic rings. The standard InChI is InChI=1S/C31H42BrN3O9S/c1-5-42-28(38)31-18-20(31)11-9-7-6-8-10-12-24(33-29(39)43-30(2,3)4)27(37)35-19-22(17-25(35)26(36)34-31)44-45(40,41)23-15-13-21(32)14-16-23/h9,11,13-16,20,22,24-25H,5-8,10,12,17-19H2,1-4H3,(H,33,39)(H,34,36)/b11-9-/t20?,22-,24-,25-,31?/m0/s1. The highest BCUT2D eigenvalue weighted by Crippen LogP contribution is 2.46. The molecule has 0 spiro atoms. The summed E-state index contributed by atoms with van der Waals surface area (Å²) < 4.78 is 43.2. The minimum atomic E-state index is -4.25. The first-order valence-corrected chi connectivity index (χ1v) is 17.5. The van der Waals surface area contributed by atoms with E-state index in [1.54, 1.807) is 39.8 Å². The van der Waals surface area contributed by atoms with Gasteiger partial charge in [-0.3, -0.25) is 13.8 Å². The molecule has 2 unspecified atom stereocenters. The third-order valence-electron chi connectivity index (χ3n) is 7.94. The van der Waals surface area contributed by atoms with Gasteiger partial charge in [0.05, 0.1) is 17.6 Å². The van der Waals surface area contributed by atoms with Crippen LogP contribution in [0.4, 0.5) is 4.79 Å². The molecule has 1 aromatic carbocycles. The highest BCUT2D eigenvalue weighted by atomic mass is 79.9. The van der Waals surface area contributed by atoms with E-state index in [9.17, 15) is 27.6 Å². The molecule has 0 bridgehead atoms. The number of carbonyl (C=O) groups excluding carboxylic acids is 4. The van der Waals surface area contributed by atoms with Gasteiger partial charge in [0.2, 0.25) is 11.8 Å². The van der Waals surface area contributed by atoms with Gasteiger partial charge in [0.25, 0.3) is 10.1 Å². The van der Waals surface area contributed by atoms with E-state index in [0.717, 1.165) is 19.3 Å². The van der Waals surface area contributed by atoms with Crippen LogP contribution in [0.15, 0.2) is 45.8 Å². The van der Waals surface area contributed by atoms with Crippen molar-refractivity contribution in [2.24, 2.45) is 5.92 Å². The van der Waals surface area contributed by atoms with Crippen LogP contribution in [0.1, 0.15) is 72.6 Å². The van der Waals surface area contributed by atoms with Crippen LogP contribution < -0.4 is 10.6 Å². The molecule has 2 fully saturated rings. The van der Waals surface area contributed by atoms with Gasteiger partial charge in [-0.15, -0.1) is 0 Å². The van der Waals surface area contributed by atoms with Crippen LogP contribution in [0, 0.1) is 5.92 Å². The van der Waals surface area contributed by atoms with E-state index in [0.29, 0.717) is 17.3 Å². The number of benzene rings is 1. The van der Waals surface area contributed by atoms with Crippen LogP contribution in [0.3, 0.4) is 0 Å². The van der Waals surface area contributed by atoms with Gasteiger partial charge < -0.3 is 25.0 Å². The summed E-state index contributed by atoms with van der Waals surface area (Å²) in [6.45, 7) is 6.70. The van der Waals surface area contributed by atoms with Crippen molar-refractivity contribution in [3.8, 4) is 0 Å². The lowest BCUT2D eigenvalue weighted by Gasteiger charge is -2.30. The summed E-state index contributed by atoms with van der Waals surface area (Å²) in [4.78, 5) is 55.0. The van der Waals surface area contributed by atoms with Gasteiger partial charge in [0.1, 0.15) is 23.2 Å². The fraction of sp³-hybridized carbons (Fsp3) is 0.613. The van der Waals surface area contributed by atoms with Gasteiger partial charge in [0.15, 0.2) is 0 Å². The van der Waals surface area contributed by atoms with Crippen molar-refractivity contribution in [1.82, 2.24) is 15.5 Å². The molecule has 2 aliphatic heterocycles. The number of allylic oxidation sites excluding steroid dienone is 1. The Morgan fingerprint density at radius 1 is 1.13 bits per heavy atom. The SMILES string of the molecule is CCOC(=O)C12CC1/C=C\CCCCC[C@H](NC(=O)OC(C)(C)C)C(=O)N1C[C@@H](OS(=O)(=O)c3ccc(Br)cc3)C[C@H]1C(=O)N2. The molecule has 45 heavy (non-hydrogen) atoms. The third-order valence-corrected chi connectivity index (χ3v) is 9.84. The number of rotatable bonds is 6. The predicted octanol–water partition coefficient (Wildman–Crippen LogP) is 3.98. The summed E-state index contributed by atoms with van der Waals surface area (Å²) in [5.74, 6) is -2.05. The molecular formula is C31H42BrN3O9S. The normalized spacial score (nSPS) is 28.4. The second-order valence-corrected chi connectivity index (χ2v) is 15.1. The number of nitrogens with one attached hydrogen (secondary N) is 2. The highest BCUT2D eigenvalue weighted by molar-refractivity contribution is 9.10. The maximum Gasteiger partial charge on any atom is 0.408 e. The Morgan fingerprint density at radius 3 is 2.51 bits per heavy atom. The number of halogens is 1. The monoisotopic (exact) mass is 711 g/mol. The Morgan fingerprint density at radius 2 is 1.84 bits per heavy atom. The number of esters is 1. The lowest BCUT2D eigenvalue weighted by Crippen LogP contribution is -2.56. The molecule has 3 amide bonds. The van der Waals surface area contributed by atoms with Crippen molar-refractivity contribution >= 4 is 49.9 Å². The number of fused-ring (bicyclic) bond motifs is 2. The Bertz CT molecular complexity index is 1410. The zero-order valence-electron chi connectivity index (χ0n) is 26.0. The van der Waals surface area contributed by atoms with Crippen LogP contribution in [-0.2, 0) is 38.2 Å². The van der Waals surface area contributed by atoms with E-state index >= 15 is 0 Å². The largest absolute Gasteiger partial charge is 0.464 e. The molecule has 2 N–H and O–H groups in total. The lowest BCUT2D eigenvalue weighted by molar-refractivity contribution is -0.150. The van der Waals surface area contributed by atoms with Crippen LogP contribution in [0.25, 0.3) is 0 Å². The fourth-order valence-corrected chi connectivity index (χ4v) is 7.01. The quantitative estimate of drug-likeness (QED) is 0.253. The number of alkyl carbamates (subject to hydrolysis) is 1. The number of amides is 3. The van der Waals surface area contributed by atoms with Crippen molar-refractivity contribution in [3.05, 3.63) is 40.9 Å². The van der Waals surface area contributed by atoms with Crippen LogP contribution in [0.5, 0.6) is 0 Å². The van der Waals surface area contributed by atoms with Crippen LogP contribution in [0.2, 0.25) is 0 Å². The van der Waals surface area contributed by atoms with Gasteiger partial charge >= 0.3 is 12.1 Å². The van der Waals surface area contributed by atoms with Crippen molar-refractivity contribution in [2.45, 2.75) is 107 Å². The number of hydrogen-bond donors (Lipinski definition) is 2. The summed E-state index contributed by atoms with van der Waals surface area (Å²) >= 11 is 3.28. The van der Waals surface area contributed by atoms with Gasteiger partial charge in [-0.1, -0.05) is 40.9 Å². The van der Waals surface area contributed by atoms with Crippen molar-refractivity contribution in [3.63, 3.8) is 0 Å². The molecule has 1 saturated carbocycles. The Labute approximate surface area is 272 Å². The van der Waals surface area contributed by atoms with E-state index < -0.39 is 63.3 Å². The molecule has 12 nitrogen and oxygen atoms in total. The van der Waals surface area contributed by atoms with Gasteiger partial charge in [-0.05, 0) is 77.6 Å². The van der Waals surface area contributed by atoms with Crippen molar-refractivity contribution < 1.29 is 41.3 Å². The highest BCUT2D eigenvalue weighted by Gasteiger charge is 2.62. The average molecular weight is 713 g/mol. The molecule has 0 radical (unpaired) electrons. The maximum atomic E-state index is 14.1. The number of nitrogens with zero attached hydrogens (tertiary/aromatic N) is 1. The number of hydrogen-bond acceptors (Lipinski definition) is 9. The van der Waals surface area contributed by atoms with E-state index in [2.05, 4.69) is 26.6 Å². The zero-order chi connectivity index (χ0) is 33.0. The first kappa shape index (κ1) is 34.9. The molecule has 2 heterocycles. The second-order valence-electron chi connectivity index (χ2n) is 12.6. The molecule has 248 valence electrons. The van der Waals surface area contributed by atoms with Gasteiger partial charge in [-0.25, -0.2) is 9.59 Å². The molecule has 1 aliphatic carbocycles. The lowest BCUT2D eigenvalue weighted by atomic mass is 10.0. The Kier molecular flexibility index (Phi) is 11.0. The number of ether oxygens (including phenoxy) is 2. The van der Waals surface area contributed by atoms with E-state index in [-0.39, 0.29) is 36.8 Å². The summed E-state index contributed by atoms with van der Waals surface area (Å²) in [6, 6.07) is 3.69. The molecule has 5 atom stereocenters. The second kappa shape index (κ2) is 14.2. The van der Waals surface area contributed by atoms with E-state index in [1.165, 1.54) is 17.0 Å². The third kappa shape index (κ3) is 8.85. The Balaban J connectivity index is 1.65. The molecule has 1 saturated heterocycles. The van der Waals surface area contributed by atoms with E-state index in [4.69, 9.17) is 13.7 Å². The smallest absolute Gasteiger partial charge is 0.408 e. The molecule has 0 aromatic heterocycles. The summed E-state index contributed by atoms with van der Waals surface area (Å²) in [5.41, 5.74) is -2.09. The molecule has 3 aliphatic rings. The average Bonchev–Trinajstić information content (AvgIpc) is 3.48. The van der Waals surface area contributed by atoms with Crippen molar-refractivity contribution in [2.75, 3.05) is 13.2 Å². The zero-order valence-corrected chi connectivity index (χ0v) is 28.4. The minimum absolute atomic E-state index is 0.0794. The van der Waals surface area contributed by atoms with Crippen molar-refractivity contribution in [1.29, 1.82) is 0 Å². The van der Waals surface area contributed by atoms with Crippen LogP contribution in [-0.4, -0.2) is 79.7 Å². The molecule has 4 rings (SSSR count). The minimum Gasteiger partial charge on any atom is -0.464 e. The first-order valence-electron chi connectivity index (χ1n) is 15.3. The topological polar surface area (TPSA) is 157 Å². The molecule has 14 heteroatoms. The first-order chi connectivity index (χ1) is 21.1. The van der Waals surface area contributed by atoms with E-state index in [1.807, 2.05) is 12.2 Å². The summed E-state index contributed by atoms with van der Waals surface area (Å²) in [7, 11) is -4.25. The summed E-state index contributed by atoms with van der Waals surface area (Å²) in [6.07, 6.45) is 5.49.